The Labute approximate surface area is 119 Å². The number of hydrogen-bond acceptors (Lipinski definition) is 3. The summed E-state index contributed by atoms with van der Waals surface area (Å²) >= 11 is 0. The summed E-state index contributed by atoms with van der Waals surface area (Å²) in [6.45, 7) is 7.56. The first-order chi connectivity index (χ1) is 9.34. The van der Waals surface area contributed by atoms with Crippen molar-refractivity contribution in [3.8, 4) is 0 Å². The minimum absolute atomic E-state index is 0.0256. The Morgan fingerprint density at radius 2 is 2.00 bits per heavy atom. The first kappa shape index (κ1) is 16.2. The Balaban J connectivity index is 2.73. The van der Waals surface area contributed by atoms with Crippen LogP contribution in [0.15, 0.2) is 12.4 Å². The summed E-state index contributed by atoms with van der Waals surface area (Å²) in [5.41, 5.74) is -0.395. The van der Waals surface area contributed by atoms with E-state index in [1.807, 2.05) is 13.8 Å². The number of carboxylic acid groups (broad SMARTS) is 1. The quantitative estimate of drug-likeness (QED) is 0.804. The smallest absolute Gasteiger partial charge is 0.310 e. The van der Waals surface area contributed by atoms with Crippen LogP contribution in [0.2, 0.25) is 0 Å². The predicted molar refractivity (Wildman–Crippen MR) is 76.5 cm³/mol. The van der Waals surface area contributed by atoms with Gasteiger partial charge in [-0.05, 0) is 26.7 Å². The molecular formula is C14H23N3O3. The predicted octanol–water partition coefficient (Wildman–Crippen LogP) is 2.68. The molecule has 2 N–H and O–H groups in total. The molecule has 0 saturated heterocycles. The zero-order valence-electron chi connectivity index (χ0n) is 12.5. The molecule has 0 radical (unpaired) electrons. The standard InChI is InChI=1S/C14H23N3O3/c1-5-14(6-2,13(19)20)7-12(18)16-11-8-15-17(9-11)10(3)4/h8-10H,5-7H2,1-4H3,(H,16,18)(H,19,20). The second-order valence-electron chi connectivity index (χ2n) is 5.32. The second kappa shape index (κ2) is 6.54. The maximum atomic E-state index is 12.0. The number of aromatic nitrogens is 2. The fourth-order valence-corrected chi connectivity index (χ4v) is 2.08. The minimum Gasteiger partial charge on any atom is -0.481 e. The van der Waals surface area contributed by atoms with E-state index in [4.69, 9.17) is 0 Å². The molecular weight excluding hydrogens is 258 g/mol. The molecule has 0 unspecified atom stereocenters. The van der Waals surface area contributed by atoms with Gasteiger partial charge in [0.15, 0.2) is 0 Å². The minimum atomic E-state index is -0.988. The van der Waals surface area contributed by atoms with Crippen molar-refractivity contribution in [1.29, 1.82) is 0 Å². The second-order valence-corrected chi connectivity index (χ2v) is 5.32. The normalized spacial score (nSPS) is 11.7. The van der Waals surface area contributed by atoms with Crippen molar-refractivity contribution in [3.63, 3.8) is 0 Å². The third-order valence-corrected chi connectivity index (χ3v) is 3.72. The number of anilines is 1. The van der Waals surface area contributed by atoms with Crippen LogP contribution in [0.4, 0.5) is 5.69 Å². The Morgan fingerprint density at radius 1 is 1.40 bits per heavy atom. The lowest BCUT2D eigenvalue weighted by atomic mass is 9.79. The first-order valence-electron chi connectivity index (χ1n) is 6.92. The van der Waals surface area contributed by atoms with Gasteiger partial charge in [-0.3, -0.25) is 14.3 Å². The van der Waals surface area contributed by atoms with Crippen molar-refractivity contribution in [3.05, 3.63) is 12.4 Å². The summed E-state index contributed by atoms with van der Waals surface area (Å²) < 4.78 is 1.74. The Morgan fingerprint density at radius 3 is 2.40 bits per heavy atom. The Hall–Kier alpha value is -1.85. The molecule has 1 heterocycles. The summed E-state index contributed by atoms with van der Waals surface area (Å²) in [7, 11) is 0. The number of amides is 1. The molecule has 0 saturated carbocycles. The van der Waals surface area contributed by atoms with E-state index in [0.29, 0.717) is 18.5 Å². The van der Waals surface area contributed by atoms with Crippen molar-refractivity contribution in [2.24, 2.45) is 5.41 Å². The van der Waals surface area contributed by atoms with Crippen molar-refractivity contribution in [2.45, 2.75) is 53.0 Å². The molecule has 0 aromatic carbocycles. The van der Waals surface area contributed by atoms with Crippen LogP contribution < -0.4 is 5.32 Å². The van der Waals surface area contributed by atoms with Gasteiger partial charge in [0, 0.05) is 18.7 Å². The van der Waals surface area contributed by atoms with E-state index >= 15 is 0 Å². The summed E-state index contributed by atoms with van der Waals surface area (Å²) in [6.07, 6.45) is 4.14. The maximum absolute atomic E-state index is 12.0. The van der Waals surface area contributed by atoms with Crippen LogP contribution >= 0.6 is 0 Å². The molecule has 112 valence electrons. The number of rotatable bonds is 7. The summed E-state index contributed by atoms with van der Waals surface area (Å²) in [6, 6.07) is 0.213. The number of nitrogens with one attached hydrogen (secondary N) is 1. The maximum Gasteiger partial charge on any atom is 0.310 e. The number of carbonyl (C=O) groups is 2. The molecule has 1 aromatic heterocycles. The van der Waals surface area contributed by atoms with Gasteiger partial charge in [-0.1, -0.05) is 13.8 Å². The molecule has 20 heavy (non-hydrogen) atoms. The zero-order valence-corrected chi connectivity index (χ0v) is 12.5. The average Bonchev–Trinajstić information content (AvgIpc) is 2.84. The first-order valence-corrected chi connectivity index (χ1v) is 6.92. The van der Waals surface area contributed by atoms with Gasteiger partial charge >= 0.3 is 5.97 Å². The van der Waals surface area contributed by atoms with Crippen LogP contribution in [0.25, 0.3) is 0 Å². The van der Waals surface area contributed by atoms with E-state index in [1.165, 1.54) is 0 Å². The number of carboxylic acids is 1. The highest BCUT2D eigenvalue weighted by Gasteiger charge is 2.37. The number of nitrogens with zero attached hydrogens (tertiary/aromatic N) is 2. The molecule has 0 aliphatic heterocycles. The summed E-state index contributed by atoms with van der Waals surface area (Å²) in [4.78, 5) is 23.4. The monoisotopic (exact) mass is 281 g/mol. The van der Waals surface area contributed by atoms with E-state index in [1.54, 1.807) is 30.9 Å². The summed E-state index contributed by atoms with van der Waals surface area (Å²) in [5.74, 6) is -1.21. The van der Waals surface area contributed by atoms with Crippen LogP contribution in [0.1, 0.15) is 53.0 Å². The van der Waals surface area contributed by atoms with Crippen LogP contribution in [0, 0.1) is 5.41 Å². The third-order valence-electron chi connectivity index (χ3n) is 3.72. The SMILES string of the molecule is CCC(CC)(CC(=O)Nc1cnn(C(C)C)c1)C(=O)O. The van der Waals surface area contributed by atoms with Gasteiger partial charge in [0.2, 0.25) is 5.91 Å². The lowest BCUT2D eigenvalue weighted by Gasteiger charge is -2.25. The van der Waals surface area contributed by atoms with E-state index < -0.39 is 11.4 Å². The molecule has 6 heteroatoms. The highest BCUT2D eigenvalue weighted by molar-refractivity contribution is 5.94. The van der Waals surface area contributed by atoms with Gasteiger partial charge in [0.05, 0.1) is 17.3 Å². The third kappa shape index (κ3) is 3.59. The van der Waals surface area contributed by atoms with Crippen molar-refractivity contribution in [2.75, 3.05) is 5.32 Å². The molecule has 0 bridgehead atoms. The molecule has 0 atom stereocenters. The fourth-order valence-electron chi connectivity index (χ4n) is 2.08. The zero-order chi connectivity index (χ0) is 15.3. The van der Waals surface area contributed by atoms with E-state index in [0.717, 1.165) is 0 Å². The van der Waals surface area contributed by atoms with Gasteiger partial charge in [-0.25, -0.2) is 0 Å². The van der Waals surface area contributed by atoms with E-state index in [9.17, 15) is 14.7 Å². The van der Waals surface area contributed by atoms with Crippen molar-refractivity contribution in [1.82, 2.24) is 9.78 Å². The lowest BCUT2D eigenvalue weighted by molar-refractivity contribution is -0.151. The molecule has 0 spiro atoms. The van der Waals surface area contributed by atoms with Gasteiger partial charge in [0.1, 0.15) is 0 Å². The molecule has 0 fully saturated rings. The van der Waals surface area contributed by atoms with Gasteiger partial charge in [-0.2, -0.15) is 5.10 Å². The topological polar surface area (TPSA) is 84.2 Å². The van der Waals surface area contributed by atoms with Crippen LogP contribution in [-0.2, 0) is 9.59 Å². The van der Waals surface area contributed by atoms with E-state index in [-0.39, 0.29) is 18.4 Å². The van der Waals surface area contributed by atoms with Crippen LogP contribution in [0.3, 0.4) is 0 Å². The van der Waals surface area contributed by atoms with Crippen LogP contribution in [-0.4, -0.2) is 26.8 Å². The Kier molecular flexibility index (Phi) is 5.30. The molecule has 0 aliphatic carbocycles. The van der Waals surface area contributed by atoms with Gasteiger partial charge in [0.25, 0.3) is 0 Å². The van der Waals surface area contributed by atoms with Gasteiger partial charge in [-0.15, -0.1) is 0 Å². The van der Waals surface area contributed by atoms with Crippen molar-refractivity contribution < 1.29 is 14.7 Å². The van der Waals surface area contributed by atoms with Crippen LogP contribution in [0.5, 0.6) is 0 Å². The van der Waals surface area contributed by atoms with Crippen molar-refractivity contribution >= 4 is 17.6 Å². The number of hydrogen-bond donors (Lipinski definition) is 2. The molecule has 6 nitrogen and oxygen atoms in total. The fraction of sp³-hybridized carbons (Fsp3) is 0.643. The lowest BCUT2D eigenvalue weighted by Crippen LogP contribution is -2.34. The van der Waals surface area contributed by atoms with Gasteiger partial charge < -0.3 is 10.4 Å². The Bertz CT molecular complexity index is 476. The number of aliphatic carboxylic acids is 1. The highest BCUT2D eigenvalue weighted by atomic mass is 16.4. The molecule has 0 aliphatic rings. The number of carbonyl (C=O) groups excluding carboxylic acids is 1. The molecule has 1 aromatic rings. The summed E-state index contributed by atoms with van der Waals surface area (Å²) in [5, 5.41) is 16.2. The van der Waals surface area contributed by atoms with E-state index in [2.05, 4.69) is 10.4 Å². The highest BCUT2D eigenvalue weighted by Crippen LogP contribution is 2.31. The molecule has 1 rings (SSSR count). The average molecular weight is 281 g/mol. The largest absolute Gasteiger partial charge is 0.481 e. The molecule has 1 amide bonds.